The molecular formula is C32H33IrN2O3-. The van der Waals surface area contributed by atoms with Gasteiger partial charge in [0.1, 0.15) is 5.75 Å². The summed E-state index contributed by atoms with van der Waals surface area (Å²) in [4.78, 5) is 19.4. The number of carboxylic acid groups (broad SMARTS) is 1. The third-order valence-electron chi connectivity index (χ3n) is 7.69. The number of hydrogen-bond acceptors (Lipinski definition) is 4. The first-order chi connectivity index (χ1) is 17.7. The van der Waals surface area contributed by atoms with Crippen LogP contribution in [0.25, 0.3) is 11.3 Å². The van der Waals surface area contributed by atoms with Crippen molar-refractivity contribution in [2.24, 2.45) is 0 Å². The van der Waals surface area contributed by atoms with E-state index in [1.165, 1.54) is 11.1 Å². The fraction of sp³-hybridized carbons (Fsp3) is 0.281. The number of benzene rings is 2. The number of fused-ring (bicyclic) bond motifs is 2. The number of carboxylic acids is 1. The second-order valence-electron chi connectivity index (χ2n) is 9.42. The molecule has 0 saturated heterocycles. The van der Waals surface area contributed by atoms with E-state index in [4.69, 9.17) is 9.84 Å². The van der Waals surface area contributed by atoms with Crippen LogP contribution in [0.3, 0.4) is 0 Å². The van der Waals surface area contributed by atoms with Gasteiger partial charge in [-0.1, -0.05) is 62.6 Å². The summed E-state index contributed by atoms with van der Waals surface area (Å²) in [6.45, 7) is 12.0. The molecule has 3 heterocycles. The number of carbonyl (C=O) groups is 1. The minimum absolute atomic E-state index is 0. The van der Waals surface area contributed by atoms with E-state index in [2.05, 4.69) is 48.1 Å². The first-order valence-electron chi connectivity index (χ1n) is 12.7. The van der Waals surface area contributed by atoms with Gasteiger partial charge in [-0.15, -0.1) is 23.8 Å². The maximum atomic E-state index is 10.8. The molecule has 5 nitrogen and oxygen atoms in total. The van der Waals surface area contributed by atoms with Gasteiger partial charge in [0.05, 0.1) is 5.75 Å². The van der Waals surface area contributed by atoms with Crippen molar-refractivity contribution < 1.29 is 34.7 Å². The zero-order valence-corrected chi connectivity index (χ0v) is 25.1. The van der Waals surface area contributed by atoms with E-state index in [1.807, 2.05) is 63.4 Å². The van der Waals surface area contributed by atoms with Gasteiger partial charge in [0.15, 0.2) is 5.69 Å². The normalized spacial score (nSPS) is 12.6. The maximum absolute atomic E-state index is 10.8. The van der Waals surface area contributed by atoms with E-state index in [-0.39, 0.29) is 31.2 Å². The molecule has 0 atom stereocenters. The number of pyridine rings is 2. The van der Waals surface area contributed by atoms with Crippen LogP contribution >= 0.6 is 0 Å². The SMILES string of the molecule is CCC1(CC)c2ccccc2Oc2cc[c-]c(-c3ccccn3)c21.Cc1nc(C(=O)O)c(C)c(C)c1C.[Ir]. The number of aromatic nitrogens is 2. The Hall–Kier alpha value is -3.34. The van der Waals surface area contributed by atoms with Crippen LogP contribution < -0.4 is 4.74 Å². The van der Waals surface area contributed by atoms with Gasteiger partial charge in [0, 0.05) is 32.0 Å². The van der Waals surface area contributed by atoms with E-state index >= 15 is 0 Å². The Labute approximate surface area is 238 Å². The van der Waals surface area contributed by atoms with Crippen molar-refractivity contribution in [2.75, 3.05) is 0 Å². The van der Waals surface area contributed by atoms with Crippen molar-refractivity contribution >= 4 is 5.97 Å². The van der Waals surface area contributed by atoms with E-state index in [0.29, 0.717) is 0 Å². The Morgan fingerprint density at radius 2 is 1.61 bits per heavy atom. The van der Waals surface area contributed by atoms with Crippen molar-refractivity contribution in [3.05, 3.63) is 106 Å². The van der Waals surface area contributed by atoms with Crippen molar-refractivity contribution in [3.63, 3.8) is 0 Å². The third kappa shape index (κ3) is 5.16. The quantitative estimate of drug-likeness (QED) is 0.222. The molecule has 1 aliphatic rings. The summed E-state index contributed by atoms with van der Waals surface area (Å²) in [6, 6.07) is 21.8. The Morgan fingerprint density at radius 3 is 2.24 bits per heavy atom. The molecule has 38 heavy (non-hydrogen) atoms. The molecule has 6 heteroatoms. The third-order valence-corrected chi connectivity index (χ3v) is 7.69. The van der Waals surface area contributed by atoms with E-state index in [9.17, 15) is 4.79 Å². The molecule has 0 saturated carbocycles. The fourth-order valence-corrected chi connectivity index (χ4v) is 5.21. The van der Waals surface area contributed by atoms with Crippen LogP contribution in [0.1, 0.15) is 70.7 Å². The molecule has 1 aliphatic heterocycles. The van der Waals surface area contributed by atoms with E-state index < -0.39 is 5.97 Å². The van der Waals surface area contributed by atoms with Crippen LogP contribution in [0.5, 0.6) is 11.5 Å². The molecule has 0 aliphatic carbocycles. The predicted molar refractivity (Wildman–Crippen MR) is 147 cm³/mol. The summed E-state index contributed by atoms with van der Waals surface area (Å²) in [7, 11) is 0. The summed E-state index contributed by atoms with van der Waals surface area (Å²) < 4.78 is 6.25. The molecule has 1 radical (unpaired) electrons. The number of aromatic carboxylic acids is 1. The van der Waals surface area contributed by atoms with Gasteiger partial charge in [-0.05, 0) is 73.2 Å². The van der Waals surface area contributed by atoms with Gasteiger partial charge in [-0.3, -0.25) is 0 Å². The standard InChI is InChI=1S/C22H20NO.C10H13NO2.Ir/c1-3-22(4-2)17-11-5-6-13-19(17)24-20-14-9-10-16(21(20)22)18-12-7-8-15-23-18;1-5-6(2)8(4)11-9(7(5)3)10(12)13;/h5-9,11-15H,3-4H2,1-2H3;1-4H3,(H,12,13);/q-1;;. The second kappa shape index (κ2) is 12.0. The number of nitrogens with zero attached hydrogens (tertiary/aromatic N) is 2. The smallest absolute Gasteiger partial charge is 0.354 e. The summed E-state index contributed by atoms with van der Waals surface area (Å²) in [6.07, 6.45) is 3.85. The Morgan fingerprint density at radius 1 is 0.921 bits per heavy atom. The molecule has 0 amide bonds. The molecule has 2 aromatic carbocycles. The Kier molecular flexibility index (Phi) is 9.24. The molecule has 0 spiro atoms. The molecule has 0 unspecified atom stereocenters. The minimum Gasteiger partial charge on any atom is -0.477 e. The van der Waals surface area contributed by atoms with Gasteiger partial charge >= 0.3 is 5.97 Å². The minimum atomic E-state index is -0.955. The topological polar surface area (TPSA) is 72.3 Å². The summed E-state index contributed by atoms with van der Waals surface area (Å²) in [5.41, 5.74) is 8.21. The predicted octanol–water partition coefficient (Wildman–Crippen LogP) is 7.77. The first-order valence-corrected chi connectivity index (χ1v) is 12.7. The van der Waals surface area contributed by atoms with Crippen LogP contribution in [0.15, 0.2) is 60.8 Å². The number of ether oxygens (including phenoxy) is 1. The van der Waals surface area contributed by atoms with Crippen LogP contribution in [-0.4, -0.2) is 21.0 Å². The van der Waals surface area contributed by atoms with Gasteiger partial charge in [0.2, 0.25) is 0 Å². The van der Waals surface area contributed by atoms with Crippen LogP contribution in [0.2, 0.25) is 0 Å². The molecule has 4 aromatic rings. The molecular weight excluding hydrogens is 653 g/mol. The van der Waals surface area contributed by atoms with Crippen LogP contribution in [0, 0.1) is 33.8 Å². The van der Waals surface area contributed by atoms with Crippen LogP contribution in [-0.2, 0) is 25.5 Å². The van der Waals surface area contributed by atoms with E-state index in [1.54, 1.807) is 6.92 Å². The number of para-hydroxylation sites is 1. The van der Waals surface area contributed by atoms with Gasteiger partial charge in [-0.2, -0.15) is 0 Å². The molecule has 0 fully saturated rings. The fourth-order valence-electron chi connectivity index (χ4n) is 5.21. The molecule has 2 aromatic heterocycles. The number of hydrogen-bond donors (Lipinski definition) is 1. The monoisotopic (exact) mass is 686 g/mol. The summed E-state index contributed by atoms with van der Waals surface area (Å²) in [5, 5.41) is 8.84. The maximum Gasteiger partial charge on any atom is 0.354 e. The van der Waals surface area contributed by atoms with Gasteiger partial charge < -0.3 is 14.8 Å². The van der Waals surface area contributed by atoms with Crippen molar-refractivity contribution in [2.45, 2.75) is 59.8 Å². The van der Waals surface area contributed by atoms with Crippen molar-refractivity contribution in [1.82, 2.24) is 9.97 Å². The second-order valence-corrected chi connectivity index (χ2v) is 9.42. The molecule has 5 rings (SSSR count). The average Bonchev–Trinajstić information content (AvgIpc) is 2.93. The molecule has 199 valence electrons. The first kappa shape index (κ1) is 29.2. The molecule has 0 bridgehead atoms. The molecule has 1 N–H and O–H groups in total. The van der Waals surface area contributed by atoms with Gasteiger partial charge in [-0.25, -0.2) is 9.78 Å². The van der Waals surface area contributed by atoms with Crippen LogP contribution in [0.4, 0.5) is 0 Å². The van der Waals surface area contributed by atoms with E-state index in [0.717, 1.165) is 58.0 Å². The number of rotatable bonds is 4. The number of aryl methyl sites for hydroxylation is 1. The zero-order valence-electron chi connectivity index (χ0n) is 22.7. The van der Waals surface area contributed by atoms with Gasteiger partial charge in [0.25, 0.3) is 0 Å². The summed E-state index contributed by atoms with van der Waals surface area (Å²) >= 11 is 0. The Balaban J connectivity index is 0.000000245. The Bertz CT molecular complexity index is 1450. The zero-order chi connectivity index (χ0) is 26.7. The average molecular weight is 686 g/mol. The largest absolute Gasteiger partial charge is 0.477 e. The summed E-state index contributed by atoms with van der Waals surface area (Å²) in [5.74, 6) is 0.937. The van der Waals surface area contributed by atoms with Crippen molar-refractivity contribution in [1.29, 1.82) is 0 Å². The van der Waals surface area contributed by atoms with Crippen molar-refractivity contribution in [3.8, 4) is 22.8 Å².